The molecule has 7 nitrogen and oxygen atoms in total. The van der Waals surface area contributed by atoms with Gasteiger partial charge in [0.1, 0.15) is 17.4 Å². The van der Waals surface area contributed by atoms with Gasteiger partial charge < -0.3 is 20.1 Å². The number of hydrogen-bond acceptors (Lipinski definition) is 7. The highest BCUT2D eigenvalue weighted by Gasteiger charge is 2.75. The summed E-state index contributed by atoms with van der Waals surface area (Å²) < 4.78 is 20.3. The standard InChI is InChI=1S/C24H31FO7/c1-12-7-15-16-9-18(25)17-8-14(27)5-6-21(17,3)24(16,31)19(28)10-22(15,4)23(12,30)20(29)11-32-13(2)26/h5-6,8,12,15-16,18-19,28,30-31H,7,9-11H2,1-4H3/t12?,15-,16-,18?,19?,21-,22-,23-,24-/m0/s1. The van der Waals surface area contributed by atoms with Gasteiger partial charge in [0.05, 0.1) is 6.10 Å². The molecule has 0 amide bonds. The molecule has 4 aliphatic rings. The summed E-state index contributed by atoms with van der Waals surface area (Å²) in [5, 5.41) is 35.0. The van der Waals surface area contributed by atoms with Crippen LogP contribution >= 0.6 is 0 Å². The van der Waals surface area contributed by atoms with Crippen molar-refractivity contribution < 1.29 is 38.8 Å². The fraction of sp³-hybridized carbons (Fsp3) is 0.708. The van der Waals surface area contributed by atoms with Gasteiger partial charge in [-0.15, -0.1) is 0 Å². The van der Waals surface area contributed by atoms with Crippen molar-refractivity contribution in [3.63, 3.8) is 0 Å². The van der Waals surface area contributed by atoms with Crippen molar-refractivity contribution in [3.05, 3.63) is 23.8 Å². The van der Waals surface area contributed by atoms with E-state index in [-0.39, 0.29) is 24.2 Å². The number of Topliss-reactive ketones (excluding diaryl/α,β-unsaturated/α-hetero) is 1. The predicted molar refractivity (Wildman–Crippen MR) is 111 cm³/mol. The van der Waals surface area contributed by atoms with Gasteiger partial charge in [0.15, 0.2) is 12.4 Å². The number of carbonyl (C=O) groups excluding carboxylic acids is 3. The summed E-state index contributed by atoms with van der Waals surface area (Å²) >= 11 is 0. The van der Waals surface area contributed by atoms with Gasteiger partial charge in [0, 0.05) is 17.8 Å². The molecule has 4 rings (SSSR count). The molecule has 0 saturated heterocycles. The zero-order valence-corrected chi connectivity index (χ0v) is 18.8. The molecule has 8 heteroatoms. The molecular weight excluding hydrogens is 419 g/mol. The first kappa shape index (κ1) is 23.3. The lowest BCUT2D eigenvalue weighted by Crippen LogP contribution is -2.72. The first-order chi connectivity index (χ1) is 14.7. The molecule has 3 unspecified atom stereocenters. The van der Waals surface area contributed by atoms with Crippen molar-refractivity contribution in [1.82, 2.24) is 0 Å². The smallest absolute Gasteiger partial charge is 0.303 e. The summed E-state index contributed by atoms with van der Waals surface area (Å²) in [6.45, 7) is 5.61. The van der Waals surface area contributed by atoms with Crippen LogP contribution in [0.3, 0.4) is 0 Å². The van der Waals surface area contributed by atoms with Crippen LogP contribution in [0.4, 0.5) is 4.39 Å². The third-order valence-corrected chi connectivity index (χ3v) is 9.13. The van der Waals surface area contributed by atoms with Crippen LogP contribution in [0.1, 0.15) is 47.0 Å². The fourth-order valence-electron chi connectivity index (χ4n) is 7.46. The van der Waals surface area contributed by atoms with Gasteiger partial charge in [-0.25, -0.2) is 4.39 Å². The molecule has 0 bridgehead atoms. The van der Waals surface area contributed by atoms with Crippen molar-refractivity contribution >= 4 is 17.5 Å². The summed E-state index contributed by atoms with van der Waals surface area (Å²) in [6, 6.07) is 0. The Morgan fingerprint density at radius 3 is 2.50 bits per heavy atom. The summed E-state index contributed by atoms with van der Waals surface area (Å²) in [5.41, 5.74) is -5.98. The van der Waals surface area contributed by atoms with Crippen LogP contribution in [0.2, 0.25) is 0 Å². The third kappa shape index (κ3) is 2.66. The minimum atomic E-state index is -1.91. The first-order valence-corrected chi connectivity index (χ1v) is 11.1. The lowest BCUT2D eigenvalue weighted by molar-refractivity contribution is -0.253. The summed E-state index contributed by atoms with van der Waals surface area (Å²) in [7, 11) is 0. The third-order valence-electron chi connectivity index (χ3n) is 9.13. The number of esters is 1. The van der Waals surface area contributed by atoms with Gasteiger partial charge >= 0.3 is 5.97 Å². The molecule has 9 atom stereocenters. The normalized spacial score (nSPS) is 49.6. The van der Waals surface area contributed by atoms with Crippen LogP contribution in [0.25, 0.3) is 0 Å². The quantitative estimate of drug-likeness (QED) is 0.556. The molecule has 0 aliphatic heterocycles. The molecule has 4 aliphatic carbocycles. The van der Waals surface area contributed by atoms with E-state index in [0.29, 0.717) is 6.42 Å². The molecule has 0 aromatic heterocycles. The molecule has 3 saturated carbocycles. The van der Waals surface area contributed by atoms with Gasteiger partial charge in [-0.05, 0) is 61.7 Å². The van der Waals surface area contributed by atoms with Crippen LogP contribution in [-0.2, 0) is 19.1 Å². The second-order valence-corrected chi connectivity index (χ2v) is 10.5. The van der Waals surface area contributed by atoms with Crippen LogP contribution < -0.4 is 0 Å². The first-order valence-electron chi connectivity index (χ1n) is 11.1. The predicted octanol–water partition coefficient (Wildman–Crippen LogP) is 1.44. The number of ether oxygens (including phenoxy) is 1. The maximum atomic E-state index is 15.4. The SMILES string of the molecule is CC(=O)OCC(=O)[C@@]1(O)C(C)C[C@H]2[C@@H]3CC(F)C4=CC(=O)C=C[C@]4(C)[C@@]3(O)C(O)C[C@@]21C. The number of rotatable bonds is 3. The number of halogens is 1. The molecular formula is C24H31FO7. The Kier molecular flexibility index (Phi) is 5.12. The van der Waals surface area contributed by atoms with Gasteiger partial charge in [-0.1, -0.05) is 19.9 Å². The molecule has 176 valence electrons. The van der Waals surface area contributed by atoms with E-state index in [1.165, 1.54) is 25.2 Å². The van der Waals surface area contributed by atoms with Crippen LogP contribution in [0.15, 0.2) is 23.8 Å². The second kappa shape index (κ2) is 7.05. The van der Waals surface area contributed by atoms with E-state index in [9.17, 15) is 29.7 Å². The van der Waals surface area contributed by atoms with Gasteiger partial charge in [0.2, 0.25) is 5.78 Å². The molecule has 0 aromatic carbocycles. The Bertz CT molecular complexity index is 943. The van der Waals surface area contributed by atoms with E-state index in [1.54, 1.807) is 20.8 Å². The van der Waals surface area contributed by atoms with Gasteiger partial charge in [-0.2, -0.15) is 0 Å². The molecule has 0 heterocycles. The van der Waals surface area contributed by atoms with E-state index in [4.69, 9.17) is 4.74 Å². The minimum Gasteiger partial charge on any atom is -0.458 e. The van der Waals surface area contributed by atoms with Crippen molar-refractivity contribution in [3.8, 4) is 0 Å². The number of carbonyl (C=O) groups is 3. The molecule has 0 radical (unpaired) electrons. The summed E-state index contributed by atoms with van der Waals surface area (Å²) in [4.78, 5) is 36.2. The van der Waals surface area contributed by atoms with E-state index < -0.39 is 70.4 Å². The van der Waals surface area contributed by atoms with Gasteiger partial charge in [-0.3, -0.25) is 14.4 Å². The molecule has 0 aromatic rings. The number of aliphatic hydroxyl groups is 3. The Labute approximate surface area is 186 Å². The van der Waals surface area contributed by atoms with Crippen LogP contribution in [-0.4, -0.2) is 62.9 Å². The van der Waals surface area contributed by atoms with Crippen molar-refractivity contribution in [2.24, 2.45) is 28.6 Å². The Hall–Kier alpha value is -1.90. The maximum absolute atomic E-state index is 15.4. The van der Waals surface area contributed by atoms with E-state index in [0.717, 1.165) is 0 Å². The topological polar surface area (TPSA) is 121 Å². The number of ketones is 2. The van der Waals surface area contributed by atoms with Gasteiger partial charge in [0.25, 0.3) is 0 Å². The highest BCUT2D eigenvalue weighted by molar-refractivity contribution is 6.01. The molecule has 3 fully saturated rings. The van der Waals surface area contributed by atoms with E-state index in [1.807, 2.05) is 0 Å². The number of aliphatic hydroxyl groups excluding tert-OH is 1. The number of allylic oxidation sites excluding steroid dienone is 2. The molecule has 3 N–H and O–H groups in total. The van der Waals surface area contributed by atoms with Crippen molar-refractivity contribution in [2.75, 3.05) is 6.61 Å². The fourth-order valence-corrected chi connectivity index (χ4v) is 7.46. The maximum Gasteiger partial charge on any atom is 0.303 e. The molecule has 32 heavy (non-hydrogen) atoms. The zero-order valence-electron chi connectivity index (χ0n) is 18.8. The van der Waals surface area contributed by atoms with Crippen LogP contribution in [0.5, 0.6) is 0 Å². The van der Waals surface area contributed by atoms with E-state index >= 15 is 4.39 Å². The lowest BCUT2D eigenvalue weighted by Gasteiger charge is -2.64. The monoisotopic (exact) mass is 450 g/mol. The number of alkyl halides is 1. The summed E-state index contributed by atoms with van der Waals surface area (Å²) in [5.74, 6) is -3.46. The minimum absolute atomic E-state index is 0.0983. The Morgan fingerprint density at radius 1 is 1.22 bits per heavy atom. The Morgan fingerprint density at radius 2 is 1.88 bits per heavy atom. The number of fused-ring (bicyclic) bond motifs is 5. The van der Waals surface area contributed by atoms with E-state index in [2.05, 4.69) is 0 Å². The summed E-state index contributed by atoms with van der Waals surface area (Å²) in [6.07, 6.45) is 1.19. The second-order valence-electron chi connectivity index (χ2n) is 10.5. The highest BCUT2D eigenvalue weighted by Crippen LogP contribution is 2.69. The largest absolute Gasteiger partial charge is 0.458 e. The van der Waals surface area contributed by atoms with Crippen molar-refractivity contribution in [2.45, 2.75) is 70.4 Å². The highest BCUT2D eigenvalue weighted by atomic mass is 19.1. The van der Waals surface area contributed by atoms with Crippen LogP contribution in [0, 0.1) is 28.6 Å². The average Bonchev–Trinajstić information content (AvgIpc) is 2.91. The average molecular weight is 451 g/mol. The molecule has 0 spiro atoms. The Balaban J connectivity index is 1.79. The zero-order chi connectivity index (χ0) is 23.9. The van der Waals surface area contributed by atoms with Crippen molar-refractivity contribution in [1.29, 1.82) is 0 Å². The number of hydrogen-bond donors (Lipinski definition) is 3. The lowest BCUT2D eigenvalue weighted by atomic mass is 9.43.